The predicted molar refractivity (Wildman–Crippen MR) is 136 cm³/mol. The molecule has 32 heavy (non-hydrogen) atoms. The Balaban J connectivity index is 1.78. The van der Waals surface area contributed by atoms with E-state index < -0.39 is 11.9 Å². The highest BCUT2D eigenvalue weighted by Gasteiger charge is 2.23. The van der Waals surface area contributed by atoms with Gasteiger partial charge in [-0.2, -0.15) is 0 Å². The van der Waals surface area contributed by atoms with Crippen molar-refractivity contribution >= 4 is 72.3 Å². The molecule has 1 N–H and O–H groups in total. The van der Waals surface area contributed by atoms with Crippen molar-refractivity contribution in [2.24, 2.45) is 0 Å². The molecule has 0 saturated heterocycles. The zero-order valence-electron chi connectivity index (χ0n) is 17.2. The first-order chi connectivity index (χ1) is 15.3. The molecule has 0 spiro atoms. The van der Waals surface area contributed by atoms with E-state index in [2.05, 4.69) is 33.2 Å². The van der Waals surface area contributed by atoms with Crippen molar-refractivity contribution in [2.45, 2.75) is 26.3 Å². The number of fused-ring (bicyclic) bond motifs is 1. The number of nitrogens with zero attached hydrogens (tertiary/aromatic N) is 2. The van der Waals surface area contributed by atoms with Crippen LogP contribution in [0.15, 0.2) is 58.1 Å². The summed E-state index contributed by atoms with van der Waals surface area (Å²) in [6, 6.07) is 11.8. The molecule has 1 atom stereocenters. The summed E-state index contributed by atoms with van der Waals surface area (Å²) in [5.41, 5.74) is 1.94. The Hall–Kier alpha value is -2.19. The van der Waals surface area contributed by atoms with Crippen molar-refractivity contribution in [3.05, 3.63) is 78.5 Å². The molecule has 2 heterocycles. The summed E-state index contributed by atoms with van der Waals surface area (Å²) in [5, 5.41) is 4.08. The minimum Gasteiger partial charge on any atom is -0.323 e. The highest BCUT2D eigenvalue weighted by atomic mass is 79.9. The number of nitrogens with one attached hydrogen (secondary N) is 1. The number of thiophene rings is 1. The lowest BCUT2D eigenvalue weighted by atomic mass is 10.0. The average molecular weight is 551 g/mol. The lowest BCUT2D eigenvalue weighted by Gasteiger charge is -2.16. The van der Waals surface area contributed by atoms with Gasteiger partial charge in [-0.25, -0.2) is 4.98 Å². The van der Waals surface area contributed by atoms with Crippen molar-refractivity contribution < 1.29 is 4.79 Å². The molecule has 1 unspecified atom stereocenters. The van der Waals surface area contributed by atoms with E-state index in [-0.39, 0.29) is 5.56 Å². The number of aryl methyl sites for hydroxylation is 1. The molecule has 164 valence electrons. The van der Waals surface area contributed by atoms with Gasteiger partial charge < -0.3 is 5.32 Å². The molecule has 9 heteroatoms. The largest absolute Gasteiger partial charge is 0.323 e. The molecule has 2 aromatic carbocycles. The molecule has 0 aliphatic rings. The van der Waals surface area contributed by atoms with Crippen LogP contribution in [0.1, 0.15) is 24.8 Å². The minimum atomic E-state index is -0.808. The summed E-state index contributed by atoms with van der Waals surface area (Å²) in [6.07, 6.45) is 2.20. The number of benzene rings is 2. The second-order valence-corrected chi connectivity index (χ2v) is 10.0. The smallest absolute Gasteiger partial charge is 0.263 e. The van der Waals surface area contributed by atoms with Gasteiger partial charge in [0.25, 0.3) is 5.56 Å². The van der Waals surface area contributed by atoms with E-state index in [9.17, 15) is 9.59 Å². The third-order valence-electron chi connectivity index (χ3n) is 5.15. The van der Waals surface area contributed by atoms with E-state index in [0.717, 1.165) is 26.9 Å². The second-order valence-electron chi connectivity index (χ2n) is 7.19. The number of amides is 1. The summed E-state index contributed by atoms with van der Waals surface area (Å²) in [6.45, 7) is 3.70. The minimum absolute atomic E-state index is 0.260. The molecule has 4 aromatic rings. The maximum absolute atomic E-state index is 13.5. The van der Waals surface area contributed by atoms with Gasteiger partial charge in [0, 0.05) is 19.9 Å². The number of carbonyl (C=O) groups is 1. The lowest BCUT2D eigenvalue weighted by molar-refractivity contribution is -0.118. The van der Waals surface area contributed by atoms with Crippen molar-refractivity contribution in [3.63, 3.8) is 0 Å². The zero-order chi connectivity index (χ0) is 23.0. The van der Waals surface area contributed by atoms with Crippen LogP contribution in [0.4, 0.5) is 5.69 Å². The van der Waals surface area contributed by atoms with E-state index in [1.807, 2.05) is 24.3 Å². The van der Waals surface area contributed by atoms with Crippen molar-refractivity contribution in [3.8, 4) is 11.1 Å². The Morgan fingerprint density at radius 3 is 2.62 bits per heavy atom. The molecule has 2 aromatic heterocycles. The molecule has 4 rings (SSSR count). The normalized spacial score (nSPS) is 12.2. The van der Waals surface area contributed by atoms with Gasteiger partial charge in [-0.05, 0) is 49.2 Å². The Labute approximate surface area is 207 Å². The number of anilines is 1. The zero-order valence-corrected chi connectivity index (χ0v) is 21.1. The van der Waals surface area contributed by atoms with Gasteiger partial charge in [-0.3, -0.25) is 14.2 Å². The van der Waals surface area contributed by atoms with Crippen LogP contribution in [0.3, 0.4) is 0 Å². The van der Waals surface area contributed by atoms with Crippen LogP contribution in [-0.2, 0) is 11.2 Å². The van der Waals surface area contributed by atoms with Crippen LogP contribution in [0, 0.1) is 0 Å². The Morgan fingerprint density at radius 2 is 1.94 bits per heavy atom. The standard InChI is InChI=1S/C23H18BrCl2N3O2S/c1-3-18-19(13-4-6-14(24)7-5-13)20-22(32-18)27-11-29(23(20)31)12(2)21(30)28-17-10-15(25)8-9-16(17)26/h4-12H,3H2,1-2H3,(H,28,30). The summed E-state index contributed by atoms with van der Waals surface area (Å²) in [4.78, 5) is 32.7. The quantitative estimate of drug-likeness (QED) is 0.292. The fourth-order valence-corrected chi connectivity index (χ4v) is 5.15. The Bertz CT molecular complexity index is 1380. The highest BCUT2D eigenvalue weighted by Crippen LogP contribution is 2.37. The summed E-state index contributed by atoms with van der Waals surface area (Å²) in [7, 11) is 0. The fourth-order valence-electron chi connectivity index (χ4n) is 3.45. The maximum Gasteiger partial charge on any atom is 0.263 e. The fraction of sp³-hybridized carbons (Fsp3) is 0.174. The molecule has 0 radical (unpaired) electrons. The lowest BCUT2D eigenvalue weighted by Crippen LogP contribution is -2.31. The van der Waals surface area contributed by atoms with Gasteiger partial charge in [0.2, 0.25) is 5.91 Å². The predicted octanol–water partition coefficient (Wildman–Crippen LogP) is 6.96. The molecule has 0 fully saturated rings. The van der Waals surface area contributed by atoms with Crippen molar-refractivity contribution in [2.75, 3.05) is 5.32 Å². The van der Waals surface area contributed by atoms with Crippen molar-refractivity contribution in [1.29, 1.82) is 0 Å². The van der Waals surface area contributed by atoms with Gasteiger partial charge in [0.05, 0.1) is 22.4 Å². The molecule has 0 aliphatic carbocycles. The topological polar surface area (TPSA) is 64.0 Å². The number of rotatable bonds is 5. The molecule has 0 saturated carbocycles. The van der Waals surface area contributed by atoms with Gasteiger partial charge in [-0.1, -0.05) is 58.2 Å². The van der Waals surface area contributed by atoms with E-state index >= 15 is 0 Å². The maximum atomic E-state index is 13.5. The van der Waals surface area contributed by atoms with Gasteiger partial charge in [-0.15, -0.1) is 11.3 Å². The summed E-state index contributed by atoms with van der Waals surface area (Å²) >= 11 is 17.1. The number of aromatic nitrogens is 2. The Morgan fingerprint density at radius 1 is 1.22 bits per heavy atom. The third kappa shape index (κ3) is 4.35. The van der Waals surface area contributed by atoms with Crippen LogP contribution in [0.25, 0.3) is 21.3 Å². The van der Waals surface area contributed by atoms with E-state index in [1.165, 1.54) is 22.2 Å². The highest BCUT2D eigenvalue weighted by molar-refractivity contribution is 9.10. The van der Waals surface area contributed by atoms with E-state index in [1.54, 1.807) is 25.1 Å². The number of hydrogen-bond acceptors (Lipinski definition) is 4. The first-order valence-electron chi connectivity index (χ1n) is 9.84. The SMILES string of the molecule is CCc1sc2ncn(C(C)C(=O)Nc3cc(Cl)ccc3Cl)c(=O)c2c1-c1ccc(Br)cc1. The summed E-state index contributed by atoms with van der Waals surface area (Å²) in [5.74, 6) is -0.395. The van der Waals surface area contributed by atoms with Crippen molar-refractivity contribution in [1.82, 2.24) is 9.55 Å². The average Bonchev–Trinajstić information content (AvgIpc) is 3.16. The third-order valence-corrected chi connectivity index (χ3v) is 7.48. The van der Waals surface area contributed by atoms with Crippen LogP contribution in [0.5, 0.6) is 0 Å². The van der Waals surface area contributed by atoms with Crippen LogP contribution in [0.2, 0.25) is 10.0 Å². The second kappa shape index (κ2) is 9.35. The molecule has 0 aliphatic heterocycles. The first-order valence-corrected chi connectivity index (χ1v) is 12.2. The summed E-state index contributed by atoms with van der Waals surface area (Å²) < 4.78 is 2.31. The van der Waals surface area contributed by atoms with E-state index in [0.29, 0.717) is 25.9 Å². The number of hydrogen-bond donors (Lipinski definition) is 1. The van der Waals surface area contributed by atoms with Gasteiger partial charge in [0.15, 0.2) is 0 Å². The van der Waals surface area contributed by atoms with Crippen LogP contribution >= 0.6 is 50.5 Å². The number of halogens is 3. The monoisotopic (exact) mass is 549 g/mol. The van der Waals surface area contributed by atoms with Crippen LogP contribution in [-0.4, -0.2) is 15.5 Å². The molecule has 0 bridgehead atoms. The molecule has 1 amide bonds. The molecular weight excluding hydrogens is 533 g/mol. The van der Waals surface area contributed by atoms with Gasteiger partial charge >= 0.3 is 0 Å². The Kier molecular flexibility index (Phi) is 6.72. The first kappa shape index (κ1) is 23.0. The van der Waals surface area contributed by atoms with Gasteiger partial charge in [0.1, 0.15) is 10.9 Å². The number of carbonyl (C=O) groups excluding carboxylic acids is 1. The van der Waals surface area contributed by atoms with Crippen LogP contribution < -0.4 is 10.9 Å². The molecule has 5 nitrogen and oxygen atoms in total. The molecular formula is C23H18BrCl2N3O2S. The van der Waals surface area contributed by atoms with E-state index in [4.69, 9.17) is 23.2 Å².